The van der Waals surface area contributed by atoms with Crippen LogP contribution < -0.4 is 5.32 Å². The van der Waals surface area contributed by atoms with Crippen LogP contribution in [0.3, 0.4) is 0 Å². The van der Waals surface area contributed by atoms with Crippen molar-refractivity contribution < 1.29 is 15.0 Å². The van der Waals surface area contributed by atoms with Gasteiger partial charge in [0.15, 0.2) is 0 Å². The molecule has 0 saturated heterocycles. The smallest absolute Gasteiger partial charge is 0.405 e. The van der Waals surface area contributed by atoms with Gasteiger partial charge in [-0.15, -0.1) is 0 Å². The molecule has 0 saturated carbocycles. The van der Waals surface area contributed by atoms with Gasteiger partial charge in [-0.3, -0.25) is 4.98 Å². The maximum Gasteiger partial charge on any atom is 0.405 e. The minimum absolute atomic E-state index is 0.101. The van der Waals surface area contributed by atoms with E-state index in [0.717, 1.165) is 5.56 Å². The maximum atomic E-state index is 11.1. The van der Waals surface area contributed by atoms with Crippen LogP contribution in [0.2, 0.25) is 5.02 Å². The molecule has 0 aliphatic rings. The van der Waals surface area contributed by atoms with Crippen molar-refractivity contribution in [1.82, 2.24) is 10.3 Å². The summed E-state index contributed by atoms with van der Waals surface area (Å²) in [5.74, 6) is -0.401. The fourth-order valence-corrected chi connectivity index (χ4v) is 2.44. The van der Waals surface area contributed by atoms with Gasteiger partial charge in [-0.25, -0.2) is 4.79 Å². The lowest BCUT2D eigenvalue weighted by Crippen LogP contribution is -2.33. The highest BCUT2D eigenvalue weighted by molar-refractivity contribution is 6.30. The molecule has 3 N–H and O–H groups in total. The van der Waals surface area contributed by atoms with Crippen LogP contribution in [0.15, 0.2) is 48.7 Å². The topological polar surface area (TPSA) is 82.5 Å². The van der Waals surface area contributed by atoms with E-state index in [1.54, 1.807) is 30.5 Å². The second-order valence-electron chi connectivity index (χ2n) is 4.67. The van der Waals surface area contributed by atoms with Gasteiger partial charge >= 0.3 is 6.09 Å². The molecule has 0 bridgehead atoms. The van der Waals surface area contributed by atoms with Crippen molar-refractivity contribution >= 4 is 17.7 Å². The Bertz CT molecular complexity index is 622. The third-order valence-electron chi connectivity index (χ3n) is 3.19. The predicted molar refractivity (Wildman–Crippen MR) is 83.6 cm³/mol. The molecule has 6 heteroatoms. The third kappa shape index (κ3) is 4.19. The molecule has 1 aromatic carbocycles. The number of aliphatic hydroxyl groups is 1. The van der Waals surface area contributed by atoms with Gasteiger partial charge in [0.2, 0.25) is 0 Å². The molecule has 1 heterocycles. The van der Waals surface area contributed by atoms with Gasteiger partial charge in [0.05, 0.1) is 0 Å². The Hall–Kier alpha value is -2.11. The summed E-state index contributed by atoms with van der Waals surface area (Å²) in [4.78, 5) is 15.4. The number of benzene rings is 1. The molecular formula is C16H16ClN2O3. The van der Waals surface area contributed by atoms with E-state index in [9.17, 15) is 9.90 Å². The van der Waals surface area contributed by atoms with Crippen LogP contribution in [0.1, 0.15) is 23.6 Å². The summed E-state index contributed by atoms with van der Waals surface area (Å²) in [5.41, 5.74) is 1.33. The molecule has 22 heavy (non-hydrogen) atoms. The molecule has 0 aliphatic carbocycles. The molecule has 2 aromatic rings. The van der Waals surface area contributed by atoms with Crippen LogP contribution in [0.4, 0.5) is 4.79 Å². The van der Waals surface area contributed by atoms with E-state index >= 15 is 0 Å². The minimum Gasteiger partial charge on any atom is -0.465 e. The lowest BCUT2D eigenvalue weighted by molar-refractivity contribution is 0.193. The number of halogens is 1. The number of hydrogen-bond donors (Lipinski definition) is 3. The molecule has 0 aliphatic heterocycles. The summed E-state index contributed by atoms with van der Waals surface area (Å²) >= 11 is 6.00. The number of nitrogens with one attached hydrogen (secondary N) is 1. The van der Waals surface area contributed by atoms with E-state index in [4.69, 9.17) is 16.7 Å². The zero-order chi connectivity index (χ0) is 15.9. The van der Waals surface area contributed by atoms with Crippen molar-refractivity contribution in [3.63, 3.8) is 0 Å². The first kappa shape index (κ1) is 16.3. The average molecular weight is 320 g/mol. The molecule has 0 fully saturated rings. The van der Waals surface area contributed by atoms with Crippen LogP contribution in [0.25, 0.3) is 0 Å². The molecule has 1 aromatic heterocycles. The first-order valence-electron chi connectivity index (χ1n) is 6.76. The minimum atomic E-state index is -1.16. The fourth-order valence-electron chi connectivity index (χ4n) is 2.27. The number of pyridine rings is 1. The lowest BCUT2D eigenvalue weighted by atomic mass is 9.87. The number of nitrogens with zero attached hydrogens (tertiary/aromatic N) is 1. The fraction of sp³-hybridized carbons (Fsp3) is 0.188. The van der Waals surface area contributed by atoms with Gasteiger partial charge in [0.25, 0.3) is 0 Å². The van der Waals surface area contributed by atoms with E-state index in [2.05, 4.69) is 10.3 Å². The number of carbonyl (C=O) groups is 1. The van der Waals surface area contributed by atoms with Gasteiger partial charge in [0.1, 0.15) is 6.04 Å². The number of carboxylic acid groups (broad SMARTS) is 1. The van der Waals surface area contributed by atoms with E-state index in [1.807, 2.05) is 18.2 Å². The number of aliphatic hydroxyl groups excluding tert-OH is 1. The second-order valence-corrected chi connectivity index (χ2v) is 5.11. The summed E-state index contributed by atoms with van der Waals surface area (Å²) in [6, 6.07) is 12.9. The zero-order valence-electron chi connectivity index (χ0n) is 11.7. The molecular weight excluding hydrogens is 304 g/mol. The summed E-state index contributed by atoms with van der Waals surface area (Å²) in [5, 5.41) is 21.4. The molecule has 0 spiro atoms. The Balaban J connectivity index is 2.42. The van der Waals surface area contributed by atoms with Crippen LogP contribution in [0, 0.1) is 6.04 Å². The molecule has 115 valence electrons. The van der Waals surface area contributed by atoms with Crippen LogP contribution in [-0.2, 0) is 0 Å². The molecule has 1 atom stereocenters. The van der Waals surface area contributed by atoms with Gasteiger partial charge in [-0.2, -0.15) is 0 Å². The van der Waals surface area contributed by atoms with Crippen LogP contribution >= 0.6 is 11.6 Å². The Morgan fingerprint density at radius 3 is 2.59 bits per heavy atom. The largest absolute Gasteiger partial charge is 0.465 e. The first-order valence-corrected chi connectivity index (χ1v) is 7.14. The molecule has 2 rings (SSSR count). The molecule has 5 nitrogen and oxygen atoms in total. The summed E-state index contributed by atoms with van der Waals surface area (Å²) in [6.07, 6.45) is 0.729. The van der Waals surface area contributed by atoms with Crippen molar-refractivity contribution in [1.29, 1.82) is 0 Å². The Kier molecular flexibility index (Phi) is 5.75. The Morgan fingerprint density at radius 2 is 2.00 bits per heavy atom. The van der Waals surface area contributed by atoms with Gasteiger partial charge in [-0.05, 0) is 24.1 Å². The predicted octanol–water partition coefficient (Wildman–Crippen LogP) is 3.05. The van der Waals surface area contributed by atoms with Crippen molar-refractivity contribution in [2.45, 2.75) is 12.3 Å². The van der Waals surface area contributed by atoms with E-state index < -0.39 is 12.0 Å². The highest BCUT2D eigenvalue weighted by Crippen LogP contribution is 2.32. The van der Waals surface area contributed by atoms with Crippen LogP contribution in [0.5, 0.6) is 0 Å². The van der Waals surface area contributed by atoms with Gasteiger partial charge in [0, 0.05) is 29.4 Å². The van der Waals surface area contributed by atoms with Crippen molar-refractivity contribution in [2.24, 2.45) is 0 Å². The normalized spacial score (nSPS) is 12.1. The number of rotatable bonds is 6. The Morgan fingerprint density at radius 1 is 1.27 bits per heavy atom. The number of aromatic nitrogens is 1. The zero-order valence-corrected chi connectivity index (χ0v) is 12.5. The van der Waals surface area contributed by atoms with Crippen molar-refractivity contribution in [3.8, 4) is 0 Å². The highest BCUT2D eigenvalue weighted by Gasteiger charge is 2.28. The number of hydrogen-bond acceptors (Lipinski definition) is 3. The SMILES string of the molecule is O=C(O)N[C](c1ccccc1)[C@H](CCO)c1cc(Cl)ccn1. The summed E-state index contributed by atoms with van der Waals surface area (Å²) in [7, 11) is 0. The maximum absolute atomic E-state index is 11.1. The summed E-state index contributed by atoms with van der Waals surface area (Å²) < 4.78 is 0. The second kappa shape index (κ2) is 7.77. The summed E-state index contributed by atoms with van der Waals surface area (Å²) in [6.45, 7) is -0.101. The van der Waals surface area contributed by atoms with E-state index in [-0.39, 0.29) is 6.61 Å². The quantitative estimate of drug-likeness (QED) is 0.764. The van der Waals surface area contributed by atoms with E-state index in [0.29, 0.717) is 23.2 Å². The Labute approximate surface area is 133 Å². The average Bonchev–Trinajstić information content (AvgIpc) is 2.51. The molecule has 1 radical (unpaired) electrons. The van der Waals surface area contributed by atoms with Crippen molar-refractivity contribution in [3.05, 3.63) is 71.0 Å². The van der Waals surface area contributed by atoms with Crippen molar-refractivity contribution in [2.75, 3.05) is 6.61 Å². The standard InChI is InChI=1S/C16H16ClN2O3/c17-12-6-8-18-14(10-12)13(7-9-20)15(19-16(21)22)11-4-2-1-3-5-11/h1-6,8,10,13,19-20H,7,9H2,(H,21,22)/t13-/m1/s1. The molecule has 0 unspecified atom stereocenters. The lowest BCUT2D eigenvalue weighted by Gasteiger charge is -2.25. The molecule has 1 amide bonds. The van der Waals surface area contributed by atoms with Gasteiger partial charge < -0.3 is 15.5 Å². The monoisotopic (exact) mass is 319 g/mol. The van der Waals surface area contributed by atoms with Gasteiger partial charge in [-0.1, -0.05) is 41.9 Å². The van der Waals surface area contributed by atoms with E-state index in [1.165, 1.54) is 0 Å². The van der Waals surface area contributed by atoms with Crippen LogP contribution in [-0.4, -0.2) is 27.9 Å². The first-order chi connectivity index (χ1) is 10.6. The number of amides is 1. The third-order valence-corrected chi connectivity index (χ3v) is 3.43. The highest BCUT2D eigenvalue weighted by atomic mass is 35.5.